The van der Waals surface area contributed by atoms with Crippen LogP contribution in [0, 0.1) is 13.8 Å². The minimum absolute atomic E-state index is 0.150. The van der Waals surface area contributed by atoms with Crippen molar-refractivity contribution in [2.75, 3.05) is 0 Å². The summed E-state index contributed by atoms with van der Waals surface area (Å²) in [5.74, 6) is -1.47. The van der Waals surface area contributed by atoms with Crippen LogP contribution in [0.4, 0.5) is 4.39 Å². The van der Waals surface area contributed by atoms with Crippen LogP contribution in [0.15, 0.2) is 12.1 Å². The maximum absolute atomic E-state index is 13.0. The third-order valence-electron chi connectivity index (χ3n) is 1.61. The van der Waals surface area contributed by atoms with Gasteiger partial charge in [-0.25, -0.2) is 9.18 Å². The minimum Gasteiger partial charge on any atom is -0.479 e. The number of halogens is 1. The second kappa shape index (κ2) is 3.51. The number of carboxylic acids is 1. The molecule has 1 aromatic heterocycles. The number of nitrogens with zero attached hydrogens (tertiary/aromatic N) is 1. The third kappa shape index (κ3) is 2.24. The molecule has 1 atom stereocenters. The van der Waals surface area contributed by atoms with Gasteiger partial charge in [-0.05, 0) is 26.0 Å². The molecule has 1 aromatic rings. The number of hydrogen-bond donors (Lipinski definition) is 1. The van der Waals surface area contributed by atoms with Crippen LogP contribution >= 0.6 is 0 Å². The second-order valence-corrected chi connectivity index (χ2v) is 2.88. The number of pyridine rings is 1. The Labute approximate surface area is 75.2 Å². The fourth-order valence-corrected chi connectivity index (χ4v) is 1.16. The number of hydrogen-bond acceptors (Lipinski definition) is 2. The average molecular weight is 183 g/mol. The molecule has 1 N–H and O–H groups in total. The SMILES string of the molecule is Cc1cc(C(F)C(=O)O)cc(C)n1. The molecule has 3 nitrogen and oxygen atoms in total. The Morgan fingerprint density at radius 2 is 1.92 bits per heavy atom. The van der Waals surface area contributed by atoms with E-state index in [2.05, 4.69) is 4.98 Å². The van der Waals surface area contributed by atoms with E-state index in [0.717, 1.165) is 0 Å². The van der Waals surface area contributed by atoms with Crippen molar-refractivity contribution in [2.24, 2.45) is 0 Å². The van der Waals surface area contributed by atoms with Gasteiger partial charge in [0.05, 0.1) is 0 Å². The van der Waals surface area contributed by atoms with Gasteiger partial charge in [0.1, 0.15) is 0 Å². The topological polar surface area (TPSA) is 50.2 Å². The Morgan fingerprint density at radius 3 is 2.31 bits per heavy atom. The summed E-state index contributed by atoms with van der Waals surface area (Å²) in [6, 6.07) is 2.87. The van der Waals surface area contributed by atoms with Crippen molar-refractivity contribution in [3.8, 4) is 0 Å². The van der Waals surface area contributed by atoms with Gasteiger partial charge in [-0.3, -0.25) is 4.98 Å². The highest BCUT2D eigenvalue weighted by Crippen LogP contribution is 2.18. The van der Waals surface area contributed by atoms with Gasteiger partial charge in [0.25, 0.3) is 0 Å². The molecule has 70 valence electrons. The highest BCUT2D eigenvalue weighted by molar-refractivity contribution is 5.74. The molecule has 0 amide bonds. The van der Waals surface area contributed by atoms with E-state index in [4.69, 9.17) is 5.11 Å². The predicted molar refractivity (Wildman–Crippen MR) is 45.2 cm³/mol. The summed E-state index contributed by atoms with van der Waals surface area (Å²) in [6.45, 7) is 3.40. The summed E-state index contributed by atoms with van der Waals surface area (Å²) in [7, 11) is 0. The Hall–Kier alpha value is -1.45. The van der Waals surface area contributed by atoms with E-state index in [9.17, 15) is 9.18 Å². The van der Waals surface area contributed by atoms with E-state index in [1.165, 1.54) is 12.1 Å². The Bertz CT molecular complexity index is 318. The lowest BCUT2D eigenvalue weighted by Gasteiger charge is -2.05. The molecule has 13 heavy (non-hydrogen) atoms. The number of alkyl halides is 1. The van der Waals surface area contributed by atoms with Crippen molar-refractivity contribution >= 4 is 5.97 Å². The normalized spacial score (nSPS) is 12.5. The molecule has 0 aromatic carbocycles. The first-order chi connectivity index (χ1) is 6.00. The Kier molecular flexibility index (Phi) is 2.60. The van der Waals surface area contributed by atoms with Crippen LogP contribution in [-0.4, -0.2) is 16.1 Å². The van der Waals surface area contributed by atoms with Gasteiger partial charge in [-0.2, -0.15) is 0 Å². The van der Waals surface area contributed by atoms with Gasteiger partial charge in [-0.15, -0.1) is 0 Å². The molecule has 0 radical (unpaired) electrons. The van der Waals surface area contributed by atoms with Gasteiger partial charge in [0.15, 0.2) is 0 Å². The monoisotopic (exact) mass is 183 g/mol. The molecule has 1 heterocycles. The molecule has 1 rings (SSSR count). The molecule has 4 heteroatoms. The largest absolute Gasteiger partial charge is 0.479 e. The highest BCUT2D eigenvalue weighted by Gasteiger charge is 2.18. The van der Waals surface area contributed by atoms with Crippen molar-refractivity contribution in [1.29, 1.82) is 0 Å². The summed E-state index contributed by atoms with van der Waals surface area (Å²) in [4.78, 5) is 14.3. The smallest absolute Gasteiger partial charge is 0.343 e. The summed E-state index contributed by atoms with van der Waals surface area (Å²) in [5.41, 5.74) is 1.40. The molecule has 0 saturated heterocycles. The van der Waals surface area contributed by atoms with E-state index in [0.29, 0.717) is 11.4 Å². The first-order valence-electron chi connectivity index (χ1n) is 3.83. The van der Waals surface area contributed by atoms with Crippen LogP contribution in [0.5, 0.6) is 0 Å². The Balaban J connectivity index is 3.07. The van der Waals surface area contributed by atoms with Crippen LogP contribution in [0.2, 0.25) is 0 Å². The van der Waals surface area contributed by atoms with Crippen LogP contribution in [-0.2, 0) is 4.79 Å². The van der Waals surface area contributed by atoms with Crippen LogP contribution in [0.3, 0.4) is 0 Å². The molecule has 0 aliphatic rings. The minimum atomic E-state index is -1.96. The third-order valence-corrected chi connectivity index (χ3v) is 1.61. The van der Waals surface area contributed by atoms with Crippen molar-refractivity contribution in [2.45, 2.75) is 20.0 Å². The number of aliphatic carboxylic acids is 1. The maximum atomic E-state index is 13.0. The molecule has 0 aliphatic heterocycles. The highest BCUT2D eigenvalue weighted by atomic mass is 19.1. The Morgan fingerprint density at radius 1 is 1.46 bits per heavy atom. The first-order valence-corrected chi connectivity index (χ1v) is 3.83. The fourth-order valence-electron chi connectivity index (χ4n) is 1.16. The molecular weight excluding hydrogens is 173 g/mol. The molecular formula is C9H10FNO2. The van der Waals surface area contributed by atoms with Crippen molar-refractivity contribution in [3.05, 3.63) is 29.1 Å². The van der Waals surface area contributed by atoms with E-state index in [-0.39, 0.29) is 5.56 Å². The zero-order valence-corrected chi connectivity index (χ0v) is 7.41. The van der Waals surface area contributed by atoms with Gasteiger partial charge >= 0.3 is 5.97 Å². The number of rotatable bonds is 2. The standard InChI is InChI=1S/C9H10FNO2/c1-5-3-7(4-6(2)11-5)8(10)9(12)13/h3-4,8H,1-2H3,(H,12,13). The van der Waals surface area contributed by atoms with Crippen molar-refractivity contribution < 1.29 is 14.3 Å². The molecule has 0 aliphatic carbocycles. The van der Waals surface area contributed by atoms with Crippen LogP contribution < -0.4 is 0 Å². The van der Waals surface area contributed by atoms with E-state index >= 15 is 0 Å². The zero-order valence-electron chi connectivity index (χ0n) is 7.41. The predicted octanol–water partition coefficient (Wildman–Crippen LogP) is 1.79. The molecule has 0 spiro atoms. The molecule has 0 bridgehead atoms. The lowest BCUT2D eigenvalue weighted by molar-refractivity contribution is -0.143. The summed E-state index contributed by atoms with van der Waals surface area (Å²) < 4.78 is 13.0. The van der Waals surface area contributed by atoms with Crippen molar-refractivity contribution in [1.82, 2.24) is 4.98 Å². The van der Waals surface area contributed by atoms with Crippen molar-refractivity contribution in [3.63, 3.8) is 0 Å². The lowest BCUT2D eigenvalue weighted by Crippen LogP contribution is -2.07. The quantitative estimate of drug-likeness (QED) is 0.760. The molecule has 1 unspecified atom stereocenters. The van der Waals surface area contributed by atoms with Gasteiger partial charge < -0.3 is 5.11 Å². The lowest BCUT2D eigenvalue weighted by atomic mass is 10.1. The summed E-state index contributed by atoms with van der Waals surface area (Å²) in [6.07, 6.45) is -1.96. The fraction of sp³-hybridized carbons (Fsp3) is 0.333. The molecule has 0 fully saturated rings. The number of aromatic nitrogens is 1. The number of aryl methyl sites for hydroxylation is 2. The maximum Gasteiger partial charge on any atom is 0.343 e. The van der Waals surface area contributed by atoms with Crippen LogP contribution in [0.25, 0.3) is 0 Å². The second-order valence-electron chi connectivity index (χ2n) is 2.88. The van der Waals surface area contributed by atoms with E-state index < -0.39 is 12.1 Å². The summed E-state index contributed by atoms with van der Waals surface area (Å²) in [5, 5.41) is 8.42. The first kappa shape index (κ1) is 9.64. The number of carboxylic acid groups (broad SMARTS) is 1. The van der Waals surface area contributed by atoms with Gasteiger partial charge in [0.2, 0.25) is 6.17 Å². The average Bonchev–Trinajstić information content (AvgIpc) is 2.01. The summed E-state index contributed by atoms with van der Waals surface area (Å²) >= 11 is 0. The number of carbonyl (C=O) groups is 1. The van der Waals surface area contributed by atoms with Gasteiger partial charge in [-0.1, -0.05) is 0 Å². The van der Waals surface area contributed by atoms with E-state index in [1.54, 1.807) is 13.8 Å². The zero-order chi connectivity index (χ0) is 10.0. The van der Waals surface area contributed by atoms with E-state index in [1.807, 2.05) is 0 Å². The van der Waals surface area contributed by atoms with Crippen LogP contribution in [0.1, 0.15) is 23.1 Å². The van der Waals surface area contributed by atoms with Gasteiger partial charge in [0, 0.05) is 17.0 Å². The molecule has 0 saturated carbocycles.